The Kier molecular flexibility index (Phi) is 6.49. The van der Waals surface area contributed by atoms with E-state index in [1.54, 1.807) is 0 Å². The third kappa shape index (κ3) is 4.55. The van der Waals surface area contributed by atoms with Gasteiger partial charge in [0.2, 0.25) is 0 Å². The van der Waals surface area contributed by atoms with Gasteiger partial charge in [-0.25, -0.2) is 4.99 Å². The summed E-state index contributed by atoms with van der Waals surface area (Å²) in [5, 5.41) is 8.52. The monoisotopic (exact) mass is 641 g/mol. The van der Waals surface area contributed by atoms with E-state index in [9.17, 15) is 0 Å². The van der Waals surface area contributed by atoms with E-state index in [1.807, 2.05) is 18.5 Å². The molecule has 1 aliphatic rings. The summed E-state index contributed by atoms with van der Waals surface area (Å²) in [5.41, 5.74) is 11.4. The molecule has 0 spiro atoms. The van der Waals surface area contributed by atoms with Crippen molar-refractivity contribution in [3.63, 3.8) is 0 Å². The molecule has 10 rings (SSSR count). The molecule has 6 aromatic carbocycles. The summed E-state index contributed by atoms with van der Waals surface area (Å²) < 4.78 is 4.71. The fourth-order valence-electron chi connectivity index (χ4n) is 7.57. The molecule has 0 saturated heterocycles. The largest absolute Gasteiger partial charge is 0.340 e. The number of nitrogens with zero attached hydrogens (tertiary/aromatic N) is 4. The zero-order valence-corrected chi connectivity index (χ0v) is 27.1. The van der Waals surface area contributed by atoms with E-state index in [2.05, 4.69) is 177 Å². The van der Waals surface area contributed by atoms with Crippen molar-refractivity contribution in [3.05, 3.63) is 187 Å². The zero-order valence-electron chi connectivity index (χ0n) is 27.1. The van der Waals surface area contributed by atoms with Gasteiger partial charge >= 0.3 is 0 Å². The Morgan fingerprint density at radius 3 is 1.72 bits per heavy atom. The van der Waals surface area contributed by atoms with Crippen LogP contribution in [-0.4, -0.2) is 20.0 Å². The number of aliphatic imine (C=N–C) groups is 1. The second-order valence-electron chi connectivity index (χ2n) is 12.7. The number of nitrogens with one attached hydrogen (secondary N) is 1. The molecule has 0 fully saturated rings. The highest BCUT2D eigenvalue weighted by atomic mass is 15.2. The Labute approximate surface area is 289 Å². The van der Waals surface area contributed by atoms with E-state index in [0.717, 1.165) is 39.4 Å². The maximum Gasteiger partial charge on any atom is 0.149 e. The first-order chi connectivity index (χ1) is 24.8. The van der Waals surface area contributed by atoms with Crippen LogP contribution in [0.3, 0.4) is 0 Å². The highest BCUT2D eigenvalue weighted by molar-refractivity contribution is 6.12. The fraction of sp³-hybridized carbons (Fsp3) is 0.0222. The summed E-state index contributed by atoms with van der Waals surface area (Å²) in [5.74, 6) is 0.860. The van der Waals surface area contributed by atoms with Crippen molar-refractivity contribution >= 4 is 55.1 Å². The predicted octanol–water partition coefficient (Wildman–Crippen LogP) is 10.5. The van der Waals surface area contributed by atoms with Crippen molar-refractivity contribution < 1.29 is 0 Å². The van der Waals surface area contributed by atoms with Crippen molar-refractivity contribution in [2.45, 2.75) is 6.17 Å². The minimum atomic E-state index is -0.245. The highest BCUT2D eigenvalue weighted by Gasteiger charge is 2.23. The molecule has 1 aliphatic heterocycles. The van der Waals surface area contributed by atoms with Crippen LogP contribution in [0.1, 0.15) is 17.3 Å². The van der Waals surface area contributed by atoms with E-state index in [1.165, 1.54) is 43.7 Å². The van der Waals surface area contributed by atoms with E-state index < -0.39 is 0 Å². The molecule has 1 atom stereocenters. The standard InChI is InChI=1S/C45H31N5/c1-3-11-30(12-4-1)39-29-44(48-45(47-39)31-13-5-2-6-14-31)50-41-18-10-8-16-36(41)38-28-33(20-22-43(38)50)32-19-21-42-37(27-32)35-15-7-9-17-40(35)49(42)34-23-25-46-26-24-34/h1-29,44H,(H,47,48). The molecule has 50 heavy (non-hydrogen) atoms. The van der Waals surface area contributed by atoms with Gasteiger partial charge in [0, 0.05) is 50.9 Å². The predicted molar refractivity (Wildman–Crippen MR) is 207 cm³/mol. The Morgan fingerprint density at radius 2 is 1.00 bits per heavy atom. The van der Waals surface area contributed by atoms with Crippen molar-refractivity contribution in [1.29, 1.82) is 0 Å². The van der Waals surface area contributed by atoms with Gasteiger partial charge in [-0.05, 0) is 71.3 Å². The first-order valence-electron chi connectivity index (χ1n) is 16.9. The lowest BCUT2D eigenvalue weighted by molar-refractivity contribution is 0.668. The number of pyridine rings is 1. The van der Waals surface area contributed by atoms with E-state index in [0.29, 0.717) is 0 Å². The molecule has 4 heterocycles. The third-order valence-corrected chi connectivity index (χ3v) is 9.86. The summed E-state index contributed by atoms with van der Waals surface area (Å²) in [6.07, 6.45) is 5.71. The van der Waals surface area contributed by atoms with Crippen LogP contribution in [0.15, 0.2) is 181 Å². The lowest BCUT2D eigenvalue weighted by Gasteiger charge is -2.25. The minimum absolute atomic E-state index is 0.245. The van der Waals surface area contributed by atoms with Crippen LogP contribution in [0.25, 0.3) is 66.1 Å². The number of hydrogen-bond acceptors (Lipinski definition) is 3. The molecule has 236 valence electrons. The molecule has 0 radical (unpaired) electrons. The van der Waals surface area contributed by atoms with Gasteiger partial charge in [0.25, 0.3) is 0 Å². The third-order valence-electron chi connectivity index (χ3n) is 9.86. The molecule has 1 unspecified atom stereocenters. The van der Waals surface area contributed by atoms with Crippen LogP contribution in [0, 0.1) is 0 Å². The van der Waals surface area contributed by atoms with Crippen LogP contribution < -0.4 is 5.32 Å². The quantitative estimate of drug-likeness (QED) is 0.203. The van der Waals surface area contributed by atoms with Crippen LogP contribution in [-0.2, 0) is 0 Å². The number of rotatable bonds is 5. The van der Waals surface area contributed by atoms with E-state index >= 15 is 0 Å². The van der Waals surface area contributed by atoms with E-state index in [4.69, 9.17) is 4.99 Å². The maximum absolute atomic E-state index is 5.33. The number of aromatic nitrogens is 3. The molecular formula is C45H31N5. The summed E-state index contributed by atoms with van der Waals surface area (Å²) in [7, 11) is 0. The van der Waals surface area contributed by atoms with Gasteiger partial charge in [-0.15, -0.1) is 0 Å². The molecule has 5 nitrogen and oxygen atoms in total. The van der Waals surface area contributed by atoms with Crippen LogP contribution in [0.5, 0.6) is 0 Å². The number of para-hydroxylation sites is 2. The van der Waals surface area contributed by atoms with Gasteiger partial charge in [0.1, 0.15) is 12.0 Å². The van der Waals surface area contributed by atoms with Crippen molar-refractivity contribution in [3.8, 4) is 16.8 Å². The Morgan fingerprint density at radius 1 is 0.460 bits per heavy atom. The smallest absolute Gasteiger partial charge is 0.149 e. The molecule has 0 saturated carbocycles. The average molecular weight is 642 g/mol. The molecule has 0 bridgehead atoms. The second-order valence-corrected chi connectivity index (χ2v) is 12.7. The van der Waals surface area contributed by atoms with Gasteiger partial charge < -0.3 is 14.5 Å². The van der Waals surface area contributed by atoms with Gasteiger partial charge in [-0.3, -0.25) is 4.98 Å². The van der Waals surface area contributed by atoms with Crippen molar-refractivity contribution in [2.24, 2.45) is 4.99 Å². The number of fused-ring (bicyclic) bond motifs is 6. The molecule has 5 heteroatoms. The summed E-state index contributed by atoms with van der Waals surface area (Å²) in [6, 6.07) is 56.1. The number of amidine groups is 1. The van der Waals surface area contributed by atoms with Gasteiger partial charge in [-0.1, -0.05) is 109 Å². The second kappa shape index (κ2) is 11.5. The molecule has 1 N–H and O–H groups in total. The lowest BCUT2D eigenvalue weighted by Crippen LogP contribution is -2.29. The van der Waals surface area contributed by atoms with E-state index in [-0.39, 0.29) is 6.17 Å². The highest BCUT2D eigenvalue weighted by Crippen LogP contribution is 2.39. The normalized spacial score (nSPS) is 14.6. The Bertz CT molecular complexity index is 2720. The maximum atomic E-state index is 5.33. The minimum Gasteiger partial charge on any atom is -0.340 e. The molecule has 3 aromatic heterocycles. The average Bonchev–Trinajstić information content (AvgIpc) is 3.71. The lowest BCUT2D eigenvalue weighted by atomic mass is 10.0. The van der Waals surface area contributed by atoms with Gasteiger partial charge in [0.05, 0.1) is 22.1 Å². The summed E-state index contributed by atoms with van der Waals surface area (Å²) in [6.45, 7) is 0. The molecule has 0 amide bonds. The zero-order chi connectivity index (χ0) is 33.0. The fourth-order valence-corrected chi connectivity index (χ4v) is 7.57. The first-order valence-corrected chi connectivity index (χ1v) is 16.9. The van der Waals surface area contributed by atoms with Crippen LogP contribution >= 0.6 is 0 Å². The SMILES string of the molecule is C1=C(c2ccccc2)NC(c2ccccc2)=NC1n1c2ccccc2c2cc(-c3ccc4c(c3)c3ccccc3n4-c3ccncc3)ccc21. The molecular weight excluding hydrogens is 611 g/mol. The number of benzene rings is 6. The topological polar surface area (TPSA) is 47.1 Å². The Hall–Kier alpha value is -6.72. The first kappa shape index (κ1) is 28.3. The van der Waals surface area contributed by atoms with Gasteiger partial charge in [-0.2, -0.15) is 0 Å². The summed E-state index contributed by atoms with van der Waals surface area (Å²) in [4.78, 5) is 9.58. The van der Waals surface area contributed by atoms with Crippen LogP contribution in [0.2, 0.25) is 0 Å². The Balaban J connectivity index is 1.15. The van der Waals surface area contributed by atoms with Crippen molar-refractivity contribution in [2.75, 3.05) is 0 Å². The van der Waals surface area contributed by atoms with Crippen LogP contribution in [0.4, 0.5) is 0 Å². The number of hydrogen-bond donors (Lipinski definition) is 1. The molecule has 0 aliphatic carbocycles. The van der Waals surface area contributed by atoms with Crippen molar-refractivity contribution in [1.82, 2.24) is 19.4 Å². The summed E-state index contributed by atoms with van der Waals surface area (Å²) >= 11 is 0. The van der Waals surface area contributed by atoms with Gasteiger partial charge in [0.15, 0.2) is 0 Å². The molecule has 9 aromatic rings.